The number of aromatic nitrogens is 3. The molecular formula is C28H24N4O4. The Kier molecular flexibility index (Phi) is 6.00. The number of nitrogens with two attached hydrogens (primary N) is 1. The molecule has 1 amide bonds. The van der Waals surface area contributed by atoms with Gasteiger partial charge in [0.25, 0.3) is 5.91 Å². The molecule has 8 nitrogen and oxygen atoms in total. The van der Waals surface area contributed by atoms with Gasteiger partial charge in [-0.1, -0.05) is 18.2 Å². The van der Waals surface area contributed by atoms with Crippen molar-refractivity contribution >= 4 is 22.8 Å². The molecular weight excluding hydrogens is 456 g/mol. The first kappa shape index (κ1) is 22.9. The Balaban J connectivity index is 1.73. The molecule has 0 fully saturated rings. The maximum atomic E-state index is 12.3. The van der Waals surface area contributed by atoms with Gasteiger partial charge >= 0.3 is 5.97 Å². The molecule has 0 saturated heterocycles. The third-order valence-corrected chi connectivity index (χ3v) is 5.98. The predicted octanol–water partition coefficient (Wildman–Crippen LogP) is 4.77. The second-order valence-electron chi connectivity index (χ2n) is 8.12. The summed E-state index contributed by atoms with van der Waals surface area (Å²) in [5, 5.41) is 0.938. The van der Waals surface area contributed by atoms with E-state index in [2.05, 4.69) is 11.1 Å². The number of ether oxygens (including phenoxy) is 2. The van der Waals surface area contributed by atoms with Crippen LogP contribution in [0.5, 0.6) is 5.75 Å². The van der Waals surface area contributed by atoms with Gasteiger partial charge in [0.15, 0.2) is 0 Å². The lowest BCUT2D eigenvalue weighted by Gasteiger charge is -2.15. The first-order valence-electron chi connectivity index (χ1n) is 11.4. The number of fused-ring (bicyclic) bond motifs is 1. The maximum Gasteiger partial charge on any atom is 0.337 e. The highest BCUT2D eigenvalue weighted by Crippen LogP contribution is 2.34. The van der Waals surface area contributed by atoms with Gasteiger partial charge in [-0.15, -0.1) is 0 Å². The van der Waals surface area contributed by atoms with Crippen LogP contribution in [-0.4, -0.2) is 39.7 Å². The zero-order chi connectivity index (χ0) is 25.2. The summed E-state index contributed by atoms with van der Waals surface area (Å²) in [7, 11) is 1.36. The van der Waals surface area contributed by atoms with Crippen LogP contribution in [0.3, 0.4) is 0 Å². The van der Waals surface area contributed by atoms with Gasteiger partial charge < -0.3 is 24.3 Å². The molecule has 180 valence electrons. The number of rotatable bonds is 7. The van der Waals surface area contributed by atoms with Crippen molar-refractivity contribution in [1.29, 1.82) is 0 Å². The molecule has 3 aromatic carbocycles. The van der Waals surface area contributed by atoms with Crippen LogP contribution in [0.1, 0.15) is 27.6 Å². The van der Waals surface area contributed by atoms with Crippen LogP contribution in [0.25, 0.3) is 33.5 Å². The number of primary amides is 1. The lowest BCUT2D eigenvalue weighted by molar-refractivity contribution is 0.0600. The average molecular weight is 481 g/mol. The lowest BCUT2D eigenvalue weighted by atomic mass is 10.1. The molecule has 0 radical (unpaired) electrons. The van der Waals surface area contributed by atoms with Crippen LogP contribution >= 0.6 is 0 Å². The highest BCUT2D eigenvalue weighted by molar-refractivity contribution is 5.98. The van der Waals surface area contributed by atoms with E-state index in [-0.39, 0.29) is 0 Å². The Morgan fingerprint density at radius 2 is 1.75 bits per heavy atom. The first-order chi connectivity index (χ1) is 17.5. The zero-order valence-electron chi connectivity index (χ0n) is 19.8. The van der Waals surface area contributed by atoms with Crippen molar-refractivity contribution < 1.29 is 19.1 Å². The van der Waals surface area contributed by atoms with E-state index in [0.717, 1.165) is 33.5 Å². The number of carbonyl (C=O) groups is 2. The predicted molar refractivity (Wildman–Crippen MR) is 137 cm³/mol. The molecule has 5 rings (SSSR count). The van der Waals surface area contributed by atoms with Crippen molar-refractivity contribution in [1.82, 2.24) is 14.1 Å². The summed E-state index contributed by atoms with van der Waals surface area (Å²) in [6.45, 7) is 2.23. The fourth-order valence-electron chi connectivity index (χ4n) is 4.28. The highest BCUT2D eigenvalue weighted by atomic mass is 16.5. The number of amides is 1. The van der Waals surface area contributed by atoms with E-state index < -0.39 is 11.9 Å². The molecule has 0 aliphatic carbocycles. The summed E-state index contributed by atoms with van der Waals surface area (Å²) in [6, 6.07) is 20.8. The summed E-state index contributed by atoms with van der Waals surface area (Å²) >= 11 is 0. The second-order valence-corrected chi connectivity index (χ2v) is 8.12. The topological polar surface area (TPSA) is 101 Å². The van der Waals surface area contributed by atoms with Crippen molar-refractivity contribution in [2.75, 3.05) is 13.7 Å². The fraction of sp³-hybridized carbons (Fsp3) is 0.107. The van der Waals surface area contributed by atoms with Gasteiger partial charge in [0.05, 0.1) is 42.4 Å². The molecule has 0 atom stereocenters. The molecule has 0 aliphatic rings. The summed E-state index contributed by atoms with van der Waals surface area (Å²) in [4.78, 5) is 28.3. The summed E-state index contributed by atoms with van der Waals surface area (Å²) in [5.74, 6) is -0.587. The van der Waals surface area contributed by atoms with Gasteiger partial charge in [-0.05, 0) is 55.0 Å². The SMILES string of the molecule is CCOc1cc(-n2c(-c3ccc(-n4ccnc4)cc3)cc3ccc(C(=O)OC)cc32)ccc1C(N)=O. The van der Waals surface area contributed by atoms with E-state index in [1.54, 1.807) is 36.8 Å². The van der Waals surface area contributed by atoms with E-state index in [1.807, 2.05) is 58.7 Å². The number of hydrogen-bond acceptors (Lipinski definition) is 5. The normalized spacial score (nSPS) is 10.9. The molecule has 0 aliphatic heterocycles. The van der Waals surface area contributed by atoms with E-state index in [0.29, 0.717) is 23.5 Å². The standard InChI is InChI=1S/C28H24N4O4/c1-3-36-26-16-22(10-11-23(26)27(29)33)32-24(14-19-4-5-20(15-25(19)32)28(34)35-2)18-6-8-21(9-7-18)31-13-12-30-17-31/h4-17H,3H2,1-2H3,(H2,29,33). The summed E-state index contributed by atoms with van der Waals surface area (Å²) < 4.78 is 14.6. The summed E-state index contributed by atoms with van der Waals surface area (Å²) in [6.07, 6.45) is 5.36. The van der Waals surface area contributed by atoms with E-state index in [1.165, 1.54) is 7.11 Å². The van der Waals surface area contributed by atoms with Gasteiger partial charge in [0, 0.05) is 35.2 Å². The van der Waals surface area contributed by atoms with Crippen LogP contribution in [0.2, 0.25) is 0 Å². The molecule has 0 bridgehead atoms. The van der Waals surface area contributed by atoms with Crippen LogP contribution in [0, 0.1) is 0 Å². The Hall–Kier alpha value is -4.85. The van der Waals surface area contributed by atoms with Gasteiger partial charge in [0.1, 0.15) is 5.75 Å². The quantitative estimate of drug-likeness (QED) is 0.338. The zero-order valence-corrected chi connectivity index (χ0v) is 19.8. The number of methoxy groups -OCH3 is 1. The third kappa shape index (κ3) is 4.09. The van der Waals surface area contributed by atoms with Crippen LogP contribution in [0.4, 0.5) is 0 Å². The molecule has 0 unspecified atom stereocenters. The average Bonchev–Trinajstić information content (AvgIpc) is 3.56. The van der Waals surface area contributed by atoms with Gasteiger partial charge in [0.2, 0.25) is 0 Å². The van der Waals surface area contributed by atoms with Crippen LogP contribution < -0.4 is 10.5 Å². The molecule has 8 heteroatoms. The number of imidazole rings is 1. The van der Waals surface area contributed by atoms with Crippen molar-refractivity contribution in [3.8, 4) is 28.4 Å². The van der Waals surface area contributed by atoms with Crippen molar-refractivity contribution in [2.24, 2.45) is 5.73 Å². The molecule has 0 saturated carbocycles. The number of hydrogen-bond donors (Lipinski definition) is 1. The smallest absolute Gasteiger partial charge is 0.337 e. The third-order valence-electron chi connectivity index (χ3n) is 5.98. The second kappa shape index (κ2) is 9.42. The highest BCUT2D eigenvalue weighted by Gasteiger charge is 2.18. The Labute approximate surface area is 207 Å². The van der Waals surface area contributed by atoms with Gasteiger partial charge in [-0.25, -0.2) is 9.78 Å². The maximum absolute atomic E-state index is 12.3. The van der Waals surface area contributed by atoms with Crippen molar-refractivity contribution in [2.45, 2.75) is 6.92 Å². The van der Waals surface area contributed by atoms with E-state index in [4.69, 9.17) is 15.2 Å². The Morgan fingerprint density at radius 3 is 2.42 bits per heavy atom. The molecule has 2 aromatic heterocycles. The number of carbonyl (C=O) groups excluding carboxylic acids is 2. The molecule has 5 aromatic rings. The molecule has 2 N–H and O–H groups in total. The number of nitrogens with zero attached hydrogens (tertiary/aromatic N) is 3. The number of benzene rings is 3. The minimum atomic E-state index is -0.564. The fourth-order valence-corrected chi connectivity index (χ4v) is 4.28. The Bertz CT molecular complexity index is 1570. The minimum Gasteiger partial charge on any atom is -0.493 e. The lowest BCUT2D eigenvalue weighted by Crippen LogP contribution is -2.13. The van der Waals surface area contributed by atoms with E-state index in [9.17, 15) is 9.59 Å². The van der Waals surface area contributed by atoms with Crippen molar-refractivity contribution in [3.05, 3.63) is 96.6 Å². The molecule has 0 spiro atoms. The molecule has 36 heavy (non-hydrogen) atoms. The van der Waals surface area contributed by atoms with Gasteiger partial charge in [-0.2, -0.15) is 0 Å². The molecule has 2 heterocycles. The summed E-state index contributed by atoms with van der Waals surface area (Å²) in [5.41, 5.74) is 10.7. The van der Waals surface area contributed by atoms with Crippen LogP contribution in [-0.2, 0) is 4.74 Å². The first-order valence-corrected chi connectivity index (χ1v) is 11.4. The Morgan fingerprint density at radius 1 is 0.972 bits per heavy atom. The number of esters is 1. The minimum absolute atomic E-state index is 0.304. The van der Waals surface area contributed by atoms with Crippen molar-refractivity contribution in [3.63, 3.8) is 0 Å². The largest absolute Gasteiger partial charge is 0.493 e. The van der Waals surface area contributed by atoms with Crippen LogP contribution in [0.15, 0.2) is 85.5 Å². The monoisotopic (exact) mass is 480 g/mol. The van der Waals surface area contributed by atoms with E-state index >= 15 is 0 Å². The van der Waals surface area contributed by atoms with Gasteiger partial charge in [-0.3, -0.25) is 4.79 Å².